The van der Waals surface area contributed by atoms with Crippen molar-refractivity contribution in [2.75, 3.05) is 4.90 Å². The van der Waals surface area contributed by atoms with Crippen LogP contribution in [0.15, 0.2) is 29.8 Å². The second kappa shape index (κ2) is 8.92. The number of barbiturate groups is 1. The highest BCUT2D eigenvalue weighted by atomic mass is 32.1. The summed E-state index contributed by atoms with van der Waals surface area (Å²) in [6.07, 6.45) is 5.67. The van der Waals surface area contributed by atoms with E-state index in [0.29, 0.717) is 16.8 Å². The van der Waals surface area contributed by atoms with Gasteiger partial charge in [0.1, 0.15) is 16.6 Å². The number of anilines is 1. The molecule has 2 aromatic heterocycles. The maximum Gasteiger partial charge on any atom is 0.335 e. The molecule has 1 aliphatic carbocycles. The van der Waals surface area contributed by atoms with Crippen molar-refractivity contribution in [3.05, 3.63) is 73.9 Å². The first-order chi connectivity index (χ1) is 17.2. The third-order valence-corrected chi connectivity index (χ3v) is 8.08. The average molecular weight is 499 g/mol. The number of nitrogens with one attached hydrogen (secondary N) is 1. The third kappa shape index (κ3) is 3.86. The topological polar surface area (TPSA) is 95.2 Å². The molecule has 1 aromatic carbocycles. The number of thiophene rings is 1. The Balaban J connectivity index is 1.58. The van der Waals surface area contributed by atoms with Crippen molar-refractivity contribution < 1.29 is 14.4 Å². The number of aryl methyl sites for hydroxylation is 4. The lowest BCUT2D eigenvalue weighted by Gasteiger charge is -2.27. The van der Waals surface area contributed by atoms with Gasteiger partial charge in [-0.1, -0.05) is 6.07 Å². The van der Waals surface area contributed by atoms with Crippen LogP contribution in [0, 0.1) is 39.0 Å². The minimum atomic E-state index is -0.763. The van der Waals surface area contributed by atoms with Crippen molar-refractivity contribution in [1.82, 2.24) is 9.88 Å². The molecule has 1 saturated heterocycles. The summed E-state index contributed by atoms with van der Waals surface area (Å²) in [7, 11) is 0. The van der Waals surface area contributed by atoms with Crippen LogP contribution in [-0.2, 0) is 22.4 Å². The number of urea groups is 1. The molecule has 0 unspecified atom stereocenters. The van der Waals surface area contributed by atoms with Crippen molar-refractivity contribution in [2.24, 2.45) is 0 Å². The van der Waals surface area contributed by atoms with Crippen LogP contribution in [0.25, 0.3) is 11.1 Å². The Kier molecular flexibility index (Phi) is 5.89. The fourth-order valence-corrected chi connectivity index (χ4v) is 6.65. The summed E-state index contributed by atoms with van der Waals surface area (Å²) in [4.78, 5) is 41.1. The van der Waals surface area contributed by atoms with Gasteiger partial charge in [0.15, 0.2) is 0 Å². The Morgan fingerprint density at radius 3 is 2.39 bits per heavy atom. The zero-order chi connectivity index (χ0) is 25.7. The van der Waals surface area contributed by atoms with Gasteiger partial charge in [-0.3, -0.25) is 14.9 Å². The van der Waals surface area contributed by atoms with E-state index in [4.69, 9.17) is 0 Å². The maximum atomic E-state index is 13.4. The molecule has 4 amide bonds. The summed E-state index contributed by atoms with van der Waals surface area (Å²) in [6, 6.07) is 8.98. The molecule has 1 aliphatic heterocycles. The molecule has 2 aliphatic rings. The molecule has 1 fully saturated rings. The van der Waals surface area contributed by atoms with Crippen LogP contribution in [0.4, 0.5) is 10.5 Å². The summed E-state index contributed by atoms with van der Waals surface area (Å²) in [5, 5.41) is 13.1. The fraction of sp³-hybridized carbons (Fsp3) is 0.286. The number of aromatic nitrogens is 1. The van der Waals surface area contributed by atoms with Gasteiger partial charge in [-0.05, 0) is 99.9 Å². The first kappa shape index (κ1) is 23.8. The Labute approximate surface area is 213 Å². The van der Waals surface area contributed by atoms with Gasteiger partial charge >= 0.3 is 6.03 Å². The number of hydrogen-bond donors (Lipinski definition) is 1. The second-order valence-corrected chi connectivity index (χ2v) is 10.6. The zero-order valence-electron chi connectivity index (χ0n) is 20.7. The number of hydrogen-bond acceptors (Lipinski definition) is 5. The number of nitrogens with zero attached hydrogens (tertiary/aromatic N) is 3. The van der Waals surface area contributed by atoms with Crippen molar-refractivity contribution in [2.45, 2.75) is 53.4 Å². The number of benzene rings is 1. The lowest BCUT2D eigenvalue weighted by atomic mass is 9.96. The van der Waals surface area contributed by atoms with Crippen molar-refractivity contribution in [3.8, 4) is 11.1 Å². The molecule has 8 heteroatoms. The molecule has 0 bridgehead atoms. The van der Waals surface area contributed by atoms with E-state index in [9.17, 15) is 19.6 Å². The number of carbonyl (C=O) groups excluding carboxylic acids is 3. The van der Waals surface area contributed by atoms with Crippen LogP contribution in [0.2, 0.25) is 0 Å². The van der Waals surface area contributed by atoms with Gasteiger partial charge in [0.25, 0.3) is 11.8 Å². The number of fused-ring (bicyclic) bond motifs is 1. The molecule has 0 saturated carbocycles. The summed E-state index contributed by atoms with van der Waals surface area (Å²) >= 11 is 1.65. The van der Waals surface area contributed by atoms with Gasteiger partial charge in [0.05, 0.1) is 11.3 Å². The van der Waals surface area contributed by atoms with Crippen molar-refractivity contribution in [1.29, 1.82) is 5.26 Å². The van der Waals surface area contributed by atoms with Gasteiger partial charge in [-0.25, -0.2) is 9.69 Å². The van der Waals surface area contributed by atoms with E-state index in [2.05, 4.69) is 11.4 Å². The smallest absolute Gasteiger partial charge is 0.308 e. The number of imide groups is 2. The highest BCUT2D eigenvalue weighted by molar-refractivity contribution is 7.15. The van der Waals surface area contributed by atoms with E-state index in [1.807, 2.05) is 44.4 Å². The fourth-order valence-electron chi connectivity index (χ4n) is 5.20. The van der Waals surface area contributed by atoms with Crippen LogP contribution < -0.4 is 10.2 Å². The third-order valence-electron chi connectivity index (χ3n) is 6.80. The Morgan fingerprint density at radius 2 is 1.69 bits per heavy atom. The van der Waals surface area contributed by atoms with Crippen LogP contribution in [0.5, 0.6) is 0 Å². The molecular weight excluding hydrogens is 472 g/mol. The van der Waals surface area contributed by atoms with Crippen molar-refractivity contribution >= 4 is 40.9 Å². The zero-order valence-corrected chi connectivity index (χ0v) is 21.5. The van der Waals surface area contributed by atoms with Gasteiger partial charge in [0, 0.05) is 16.3 Å². The molecule has 7 nitrogen and oxygen atoms in total. The molecule has 0 radical (unpaired) electrons. The van der Waals surface area contributed by atoms with Crippen LogP contribution in [0.1, 0.15) is 56.9 Å². The molecule has 0 spiro atoms. The van der Waals surface area contributed by atoms with Crippen LogP contribution in [0.3, 0.4) is 0 Å². The van der Waals surface area contributed by atoms with Crippen molar-refractivity contribution in [3.63, 3.8) is 0 Å². The minimum Gasteiger partial charge on any atom is -0.308 e. The van der Waals surface area contributed by atoms with Gasteiger partial charge in [-0.2, -0.15) is 5.26 Å². The molecule has 0 atom stereocenters. The van der Waals surface area contributed by atoms with E-state index in [1.54, 1.807) is 23.5 Å². The van der Waals surface area contributed by atoms with E-state index >= 15 is 0 Å². The minimum absolute atomic E-state index is 0.111. The van der Waals surface area contributed by atoms with E-state index in [-0.39, 0.29) is 5.57 Å². The van der Waals surface area contributed by atoms with E-state index < -0.39 is 17.8 Å². The predicted molar refractivity (Wildman–Crippen MR) is 139 cm³/mol. The van der Waals surface area contributed by atoms with Gasteiger partial charge < -0.3 is 4.57 Å². The maximum absolute atomic E-state index is 13.4. The second-order valence-electron chi connectivity index (χ2n) is 9.47. The molecule has 3 heterocycles. The quantitative estimate of drug-likeness (QED) is 0.397. The summed E-state index contributed by atoms with van der Waals surface area (Å²) in [5.41, 5.74) is 6.41. The highest BCUT2D eigenvalue weighted by Crippen LogP contribution is 2.38. The number of rotatable bonds is 3. The summed E-state index contributed by atoms with van der Waals surface area (Å²) < 4.78 is 2.03. The van der Waals surface area contributed by atoms with Gasteiger partial charge in [-0.15, -0.1) is 11.3 Å². The largest absolute Gasteiger partial charge is 0.335 e. The first-order valence-electron chi connectivity index (χ1n) is 11.9. The molecule has 182 valence electrons. The summed E-state index contributed by atoms with van der Waals surface area (Å²) in [6.45, 7) is 7.63. The Morgan fingerprint density at radius 1 is 1.00 bits per heavy atom. The highest BCUT2D eigenvalue weighted by Gasteiger charge is 2.37. The molecule has 1 N–H and O–H groups in total. The number of amides is 4. The lowest BCUT2D eigenvalue weighted by molar-refractivity contribution is -0.122. The van der Waals surface area contributed by atoms with E-state index in [1.165, 1.54) is 11.0 Å². The lowest BCUT2D eigenvalue weighted by Crippen LogP contribution is -2.54. The van der Waals surface area contributed by atoms with Crippen LogP contribution in [-0.4, -0.2) is 22.4 Å². The van der Waals surface area contributed by atoms with E-state index in [0.717, 1.165) is 63.7 Å². The average Bonchev–Trinajstić information content (AvgIpc) is 3.31. The normalized spacial score (nSPS) is 16.8. The standard InChI is InChI=1S/C28H26N4O3S/c1-15-9-16(2)11-20(10-15)32-26(34)22(25(33)30-28(32)35)13-19-12-17(3)31(18(19)4)27-23(14-29)21-7-5-6-8-24(21)36-27/h9-13H,5-8H2,1-4H3,(H,30,33,35). The molecule has 36 heavy (non-hydrogen) atoms. The number of carbonyl (C=O) groups is 3. The Hall–Kier alpha value is -3.96. The van der Waals surface area contributed by atoms with Crippen LogP contribution >= 0.6 is 11.3 Å². The molecular formula is C28H26N4O3S. The summed E-state index contributed by atoms with van der Waals surface area (Å²) in [5.74, 6) is -1.39. The SMILES string of the molecule is Cc1cc(C)cc(N2C(=O)NC(=O)C(=Cc3cc(C)n(-c4sc5c(c4C#N)CCCC5)c3C)C2=O)c1. The monoisotopic (exact) mass is 498 g/mol. The molecule has 5 rings (SSSR count). The Bertz CT molecular complexity index is 1510. The first-order valence-corrected chi connectivity index (χ1v) is 12.7. The predicted octanol–water partition coefficient (Wildman–Crippen LogP) is 5.19. The van der Waals surface area contributed by atoms with Gasteiger partial charge in [0.2, 0.25) is 0 Å². The molecule has 3 aromatic rings. The number of nitriles is 1.